The van der Waals surface area contributed by atoms with E-state index in [9.17, 15) is 9.59 Å². The van der Waals surface area contributed by atoms with E-state index in [1.54, 1.807) is 0 Å². The highest BCUT2D eigenvalue weighted by Crippen LogP contribution is 2.42. The molecule has 1 saturated carbocycles. The topological polar surface area (TPSA) is 49.4 Å². The van der Waals surface area contributed by atoms with Crippen LogP contribution in [-0.4, -0.2) is 23.6 Å². The maximum Gasteiger partial charge on any atom is 0.235 e. The number of likely N-dealkylation sites (N-methyl/N-ethyl adjacent to an activating group) is 1. The summed E-state index contributed by atoms with van der Waals surface area (Å²) in [6.07, 6.45) is 3.70. The molecule has 0 bridgehead atoms. The Bertz CT molecular complexity index is 912. The van der Waals surface area contributed by atoms with Crippen LogP contribution in [0.25, 0.3) is 0 Å². The van der Waals surface area contributed by atoms with Crippen LogP contribution in [0.4, 0.5) is 0 Å². The molecule has 1 N–H and O–H groups in total. The molecule has 4 rings (SSSR count). The molecule has 1 atom stereocenters. The number of benzene rings is 2. The highest BCUT2D eigenvalue weighted by atomic mass is 16.2. The Labute approximate surface area is 166 Å². The fourth-order valence-corrected chi connectivity index (χ4v) is 4.64. The zero-order valence-corrected chi connectivity index (χ0v) is 16.4. The Hall–Kier alpha value is -2.88. The molecule has 2 aliphatic rings. The Morgan fingerprint density at radius 3 is 2.18 bits per heavy atom. The van der Waals surface area contributed by atoms with Gasteiger partial charge in [-0.05, 0) is 30.9 Å². The van der Waals surface area contributed by atoms with Gasteiger partial charge in [0.25, 0.3) is 0 Å². The van der Waals surface area contributed by atoms with Crippen molar-refractivity contribution in [2.75, 3.05) is 7.05 Å². The van der Waals surface area contributed by atoms with Crippen LogP contribution in [0.5, 0.6) is 0 Å². The number of Topliss-reactive ketones (excluding diaryl/α,β-unsaturated/α-hetero) is 1. The van der Waals surface area contributed by atoms with E-state index in [1.165, 1.54) is 0 Å². The van der Waals surface area contributed by atoms with Crippen molar-refractivity contribution in [1.82, 2.24) is 10.2 Å². The molecule has 4 nitrogen and oxygen atoms in total. The van der Waals surface area contributed by atoms with Gasteiger partial charge in [0.15, 0.2) is 0 Å². The van der Waals surface area contributed by atoms with Crippen LogP contribution in [0.1, 0.15) is 49.8 Å². The Morgan fingerprint density at radius 2 is 1.57 bits per heavy atom. The molecule has 1 heterocycles. The molecule has 1 amide bonds. The third-order valence-corrected chi connectivity index (χ3v) is 6.34. The number of ketones is 1. The molecule has 0 spiro atoms. The van der Waals surface area contributed by atoms with Gasteiger partial charge in [0.05, 0.1) is 5.41 Å². The molecule has 1 fully saturated rings. The second-order valence-electron chi connectivity index (χ2n) is 7.86. The van der Waals surface area contributed by atoms with Crippen LogP contribution in [0.2, 0.25) is 0 Å². The van der Waals surface area contributed by atoms with Crippen molar-refractivity contribution >= 4 is 11.7 Å². The first-order chi connectivity index (χ1) is 13.5. The van der Waals surface area contributed by atoms with Gasteiger partial charge in [0, 0.05) is 12.7 Å². The average molecular weight is 374 g/mol. The first-order valence-corrected chi connectivity index (χ1v) is 9.94. The van der Waals surface area contributed by atoms with Crippen LogP contribution in [0.3, 0.4) is 0 Å². The van der Waals surface area contributed by atoms with E-state index in [-0.39, 0.29) is 17.7 Å². The maximum atomic E-state index is 13.4. The summed E-state index contributed by atoms with van der Waals surface area (Å²) in [6.45, 7) is 1.90. The van der Waals surface area contributed by atoms with Gasteiger partial charge < -0.3 is 10.2 Å². The average Bonchev–Trinajstić information content (AvgIpc) is 3.30. The summed E-state index contributed by atoms with van der Waals surface area (Å²) in [7, 11) is 1.91. The molecule has 0 unspecified atom stereocenters. The lowest BCUT2D eigenvalue weighted by Gasteiger charge is -2.28. The van der Waals surface area contributed by atoms with Crippen molar-refractivity contribution in [2.45, 2.75) is 44.1 Å². The second-order valence-corrected chi connectivity index (χ2v) is 7.86. The van der Waals surface area contributed by atoms with Crippen molar-refractivity contribution in [2.24, 2.45) is 0 Å². The zero-order valence-electron chi connectivity index (χ0n) is 16.4. The SMILES string of the molecule is CC1=C(NC(=O)C2(c3ccccc3)CCCC2)C(=O)[C@@H](c2ccccc2)N1C. The van der Waals surface area contributed by atoms with Gasteiger partial charge in [0.2, 0.25) is 11.7 Å². The number of rotatable bonds is 4. The van der Waals surface area contributed by atoms with E-state index in [1.807, 2.05) is 79.5 Å². The van der Waals surface area contributed by atoms with Gasteiger partial charge >= 0.3 is 0 Å². The van der Waals surface area contributed by atoms with Crippen LogP contribution in [-0.2, 0) is 15.0 Å². The van der Waals surface area contributed by atoms with Crippen molar-refractivity contribution in [1.29, 1.82) is 0 Å². The van der Waals surface area contributed by atoms with Crippen molar-refractivity contribution in [3.63, 3.8) is 0 Å². The first kappa shape index (κ1) is 18.5. The third-order valence-electron chi connectivity index (χ3n) is 6.34. The summed E-state index contributed by atoms with van der Waals surface area (Å²) < 4.78 is 0. The standard InChI is InChI=1S/C24H26N2O2/c1-17-20(22(27)21(26(17)2)18-11-5-3-6-12-18)25-23(28)24(15-9-10-16-24)19-13-7-4-8-14-19/h3-8,11-14,21H,9-10,15-16H2,1-2H3,(H,25,28)/t21-/m1/s1. The zero-order chi connectivity index (χ0) is 19.7. The number of carbonyl (C=O) groups is 2. The van der Waals surface area contributed by atoms with Crippen LogP contribution in [0.15, 0.2) is 72.1 Å². The van der Waals surface area contributed by atoms with Gasteiger partial charge in [-0.3, -0.25) is 9.59 Å². The lowest BCUT2D eigenvalue weighted by Crippen LogP contribution is -2.43. The monoisotopic (exact) mass is 374 g/mol. The molecule has 1 aliphatic carbocycles. The summed E-state index contributed by atoms with van der Waals surface area (Å²) in [5.41, 5.74) is 2.69. The summed E-state index contributed by atoms with van der Waals surface area (Å²) in [4.78, 5) is 28.6. The smallest absolute Gasteiger partial charge is 0.235 e. The first-order valence-electron chi connectivity index (χ1n) is 9.94. The molecule has 2 aromatic carbocycles. The Balaban J connectivity index is 1.63. The number of carbonyl (C=O) groups excluding carboxylic acids is 2. The third kappa shape index (κ3) is 2.93. The van der Waals surface area contributed by atoms with Crippen LogP contribution in [0, 0.1) is 0 Å². The number of amides is 1. The maximum absolute atomic E-state index is 13.4. The van der Waals surface area contributed by atoms with E-state index in [0.717, 1.165) is 42.5 Å². The number of nitrogens with zero attached hydrogens (tertiary/aromatic N) is 1. The lowest BCUT2D eigenvalue weighted by molar-refractivity contribution is -0.127. The molecule has 28 heavy (non-hydrogen) atoms. The summed E-state index contributed by atoms with van der Waals surface area (Å²) in [5.74, 6) is -0.0956. The molecule has 2 aromatic rings. The molecule has 0 saturated heterocycles. The fraction of sp³-hybridized carbons (Fsp3) is 0.333. The van der Waals surface area contributed by atoms with Gasteiger partial charge in [-0.2, -0.15) is 0 Å². The van der Waals surface area contributed by atoms with Gasteiger partial charge in [-0.25, -0.2) is 0 Å². The number of hydrogen-bond donors (Lipinski definition) is 1. The summed E-state index contributed by atoms with van der Waals surface area (Å²) in [6, 6.07) is 19.3. The van der Waals surface area contributed by atoms with E-state index < -0.39 is 5.41 Å². The number of nitrogens with one attached hydrogen (secondary N) is 1. The molecule has 1 aliphatic heterocycles. The highest BCUT2D eigenvalue weighted by molar-refractivity contribution is 6.06. The van der Waals surface area contributed by atoms with Crippen LogP contribution >= 0.6 is 0 Å². The quantitative estimate of drug-likeness (QED) is 0.876. The largest absolute Gasteiger partial charge is 0.362 e. The minimum atomic E-state index is -0.543. The number of hydrogen-bond acceptors (Lipinski definition) is 3. The molecule has 0 radical (unpaired) electrons. The van der Waals surface area contributed by atoms with E-state index in [4.69, 9.17) is 0 Å². The second kappa shape index (κ2) is 7.27. The van der Waals surface area contributed by atoms with E-state index >= 15 is 0 Å². The highest BCUT2D eigenvalue weighted by Gasteiger charge is 2.45. The predicted octanol–water partition coefficient (Wildman–Crippen LogP) is 4.10. The van der Waals surface area contributed by atoms with Gasteiger partial charge in [-0.15, -0.1) is 0 Å². The molecule has 4 heteroatoms. The molecular weight excluding hydrogens is 348 g/mol. The fourth-order valence-electron chi connectivity index (χ4n) is 4.64. The lowest BCUT2D eigenvalue weighted by atomic mass is 9.78. The van der Waals surface area contributed by atoms with Gasteiger partial charge in [0.1, 0.15) is 11.7 Å². The Kier molecular flexibility index (Phi) is 4.80. The minimum absolute atomic E-state index is 0.0410. The molecular formula is C24H26N2O2. The minimum Gasteiger partial charge on any atom is -0.362 e. The van der Waals surface area contributed by atoms with Crippen LogP contribution < -0.4 is 5.32 Å². The normalized spacial score (nSPS) is 21.3. The summed E-state index contributed by atoms with van der Waals surface area (Å²) in [5, 5.41) is 3.04. The Morgan fingerprint density at radius 1 is 1.00 bits per heavy atom. The van der Waals surface area contributed by atoms with Crippen molar-refractivity contribution in [3.05, 3.63) is 83.2 Å². The summed E-state index contributed by atoms with van der Waals surface area (Å²) >= 11 is 0. The van der Waals surface area contributed by atoms with E-state index in [2.05, 4.69) is 5.32 Å². The predicted molar refractivity (Wildman–Crippen MR) is 109 cm³/mol. The molecule has 144 valence electrons. The van der Waals surface area contributed by atoms with Gasteiger partial charge in [-0.1, -0.05) is 73.5 Å². The number of allylic oxidation sites excluding steroid dienone is 1. The van der Waals surface area contributed by atoms with Crippen molar-refractivity contribution < 1.29 is 9.59 Å². The molecule has 0 aromatic heterocycles. The van der Waals surface area contributed by atoms with Crippen molar-refractivity contribution in [3.8, 4) is 0 Å². The van der Waals surface area contributed by atoms with E-state index in [0.29, 0.717) is 5.70 Å².